The summed E-state index contributed by atoms with van der Waals surface area (Å²) in [7, 11) is 0. The second-order valence-electron chi connectivity index (χ2n) is 5.61. The van der Waals surface area contributed by atoms with Crippen LogP contribution < -0.4 is 5.32 Å². The number of fused-ring (bicyclic) bond motifs is 1. The highest BCUT2D eigenvalue weighted by Crippen LogP contribution is 2.33. The molecule has 2 unspecified atom stereocenters. The van der Waals surface area contributed by atoms with E-state index in [1.54, 1.807) is 0 Å². The van der Waals surface area contributed by atoms with Crippen molar-refractivity contribution in [2.45, 2.75) is 31.8 Å². The first-order valence-electron chi connectivity index (χ1n) is 7.29. The Bertz CT molecular complexity index is 579. The Labute approximate surface area is 120 Å². The van der Waals surface area contributed by atoms with Crippen LogP contribution in [-0.2, 0) is 6.42 Å². The average molecular weight is 267 g/mol. The molecular formula is C18H21NO. The van der Waals surface area contributed by atoms with E-state index in [0.29, 0.717) is 6.04 Å². The van der Waals surface area contributed by atoms with Crippen LogP contribution in [0.25, 0.3) is 0 Å². The zero-order valence-corrected chi connectivity index (χ0v) is 11.8. The lowest BCUT2D eigenvalue weighted by atomic mass is 10.0. The molecule has 0 fully saturated rings. The van der Waals surface area contributed by atoms with Gasteiger partial charge in [-0.05, 0) is 36.5 Å². The van der Waals surface area contributed by atoms with Gasteiger partial charge in [0.15, 0.2) is 0 Å². The summed E-state index contributed by atoms with van der Waals surface area (Å²) >= 11 is 0. The summed E-state index contributed by atoms with van der Waals surface area (Å²) in [6.07, 6.45) is 2.24. The number of aliphatic hydroxyl groups excluding tert-OH is 1. The lowest BCUT2D eigenvalue weighted by Crippen LogP contribution is -2.27. The SMILES string of the molecule is Cc1ccc2c(c1)C(NC(CO)c1ccccc1)CC2. The Kier molecular flexibility index (Phi) is 3.86. The van der Waals surface area contributed by atoms with E-state index >= 15 is 0 Å². The van der Waals surface area contributed by atoms with Crippen molar-refractivity contribution in [1.82, 2.24) is 5.32 Å². The van der Waals surface area contributed by atoms with Gasteiger partial charge in [0.05, 0.1) is 12.6 Å². The van der Waals surface area contributed by atoms with Gasteiger partial charge in [-0.15, -0.1) is 0 Å². The first-order valence-corrected chi connectivity index (χ1v) is 7.29. The summed E-state index contributed by atoms with van der Waals surface area (Å²) in [5.74, 6) is 0. The number of nitrogens with one attached hydrogen (secondary N) is 1. The van der Waals surface area contributed by atoms with Gasteiger partial charge in [-0.2, -0.15) is 0 Å². The van der Waals surface area contributed by atoms with Crippen LogP contribution in [0.3, 0.4) is 0 Å². The minimum atomic E-state index is 0.00709. The highest BCUT2D eigenvalue weighted by molar-refractivity contribution is 5.38. The molecule has 3 rings (SSSR count). The maximum absolute atomic E-state index is 9.68. The molecule has 2 aromatic carbocycles. The second kappa shape index (κ2) is 5.78. The second-order valence-corrected chi connectivity index (χ2v) is 5.61. The van der Waals surface area contributed by atoms with Crippen molar-refractivity contribution >= 4 is 0 Å². The van der Waals surface area contributed by atoms with Gasteiger partial charge in [-0.25, -0.2) is 0 Å². The summed E-state index contributed by atoms with van der Waals surface area (Å²) in [6, 6.07) is 17.2. The van der Waals surface area contributed by atoms with Gasteiger partial charge in [0, 0.05) is 6.04 Å². The first-order chi connectivity index (χ1) is 9.78. The van der Waals surface area contributed by atoms with Gasteiger partial charge >= 0.3 is 0 Å². The molecule has 1 aliphatic carbocycles. The molecule has 2 nitrogen and oxygen atoms in total. The van der Waals surface area contributed by atoms with Crippen LogP contribution in [0, 0.1) is 6.92 Å². The van der Waals surface area contributed by atoms with Crippen LogP contribution in [-0.4, -0.2) is 11.7 Å². The van der Waals surface area contributed by atoms with Crippen molar-refractivity contribution in [1.29, 1.82) is 0 Å². The van der Waals surface area contributed by atoms with Crippen molar-refractivity contribution in [3.63, 3.8) is 0 Å². The molecule has 0 saturated carbocycles. The van der Waals surface area contributed by atoms with E-state index in [1.807, 2.05) is 18.2 Å². The fourth-order valence-electron chi connectivity index (χ4n) is 3.08. The van der Waals surface area contributed by atoms with Crippen molar-refractivity contribution in [3.05, 3.63) is 70.8 Å². The summed E-state index contributed by atoms with van der Waals surface area (Å²) < 4.78 is 0. The minimum absolute atomic E-state index is 0.00709. The summed E-state index contributed by atoms with van der Waals surface area (Å²) in [4.78, 5) is 0. The fraction of sp³-hybridized carbons (Fsp3) is 0.333. The molecule has 0 aliphatic heterocycles. The molecule has 1 aliphatic rings. The van der Waals surface area contributed by atoms with Crippen molar-refractivity contribution in [2.24, 2.45) is 0 Å². The molecule has 2 N–H and O–H groups in total. The molecule has 2 atom stereocenters. The Hall–Kier alpha value is -1.64. The van der Waals surface area contributed by atoms with Gasteiger partial charge < -0.3 is 10.4 Å². The number of aryl methyl sites for hydroxylation is 2. The van der Waals surface area contributed by atoms with E-state index in [0.717, 1.165) is 18.4 Å². The third-order valence-electron chi connectivity index (χ3n) is 4.17. The number of benzene rings is 2. The van der Waals surface area contributed by atoms with Gasteiger partial charge in [-0.3, -0.25) is 0 Å². The van der Waals surface area contributed by atoms with Crippen LogP contribution in [0.5, 0.6) is 0 Å². The van der Waals surface area contributed by atoms with Gasteiger partial charge in [-0.1, -0.05) is 54.1 Å². The molecule has 2 aromatic rings. The molecule has 0 radical (unpaired) electrons. The average Bonchev–Trinajstić information content (AvgIpc) is 2.88. The molecule has 0 spiro atoms. The van der Waals surface area contributed by atoms with Crippen LogP contribution >= 0.6 is 0 Å². The maximum Gasteiger partial charge on any atom is 0.0626 e. The van der Waals surface area contributed by atoms with Crippen LogP contribution in [0.4, 0.5) is 0 Å². The van der Waals surface area contributed by atoms with E-state index in [-0.39, 0.29) is 12.6 Å². The van der Waals surface area contributed by atoms with Crippen LogP contribution in [0.2, 0.25) is 0 Å². The van der Waals surface area contributed by atoms with Gasteiger partial charge in [0.25, 0.3) is 0 Å². The van der Waals surface area contributed by atoms with E-state index in [2.05, 4.69) is 42.6 Å². The number of rotatable bonds is 4. The number of hydrogen-bond acceptors (Lipinski definition) is 2. The molecule has 0 aromatic heterocycles. The van der Waals surface area contributed by atoms with Gasteiger partial charge in [0.2, 0.25) is 0 Å². The fourth-order valence-corrected chi connectivity index (χ4v) is 3.08. The molecule has 0 bridgehead atoms. The number of hydrogen-bond donors (Lipinski definition) is 2. The van der Waals surface area contributed by atoms with Crippen LogP contribution in [0.15, 0.2) is 48.5 Å². The quantitative estimate of drug-likeness (QED) is 0.891. The molecule has 104 valence electrons. The van der Waals surface area contributed by atoms with E-state index in [1.165, 1.54) is 16.7 Å². The normalized spacial score (nSPS) is 18.8. The molecule has 0 heterocycles. The predicted octanol–water partition coefficient (Wildman–Crippen LogP) is 3.31. The molecule has 0 saturated heterocycles. The standard InChI is InChI=1S/C18H21NO/c1-13-7-8-14-9-10-17(16(14)11-13)19-18(12-20)15-5-3-2-4-6-15/h2-8,11,17-20H,9-10,12H2,1H3. The highest BCUT2D eigenvalue weighted by atomic mass is 16.3. The van der Waals surface area contributed by atoms with Crippen molar-refractivity contribution in [3.8, 4) is 0 Å². The molecule has 2 heteroatoms. The molecular weight excluding hydrogens is 246 g/mol. The molecule has 20 heavy (non-hydrogen) atoms. The minimum Gasteiger partial charge on any atom is -0.394 e. The summed E-state index contributed by atoms with van der Waals surface area (Å²) in [5, 5.41) is 13.3. The van der Waals surface area contributed by atoms with E-state index in [4.69, 9.17) is 0 Å². The molecule has 0 amide bonds. The van der Waals surface area contributed by atoms with E-state index < -0.39 is 0 Å². The third-order valence-corrected chi connectivity index (χ3v) is 4.17. The zero-order chi connectivity index (χ0) is 13.9. The van der Waals surface area contributed by atoms with Crippen molar-refractivity contribution < 1.29 is 5.11 Å². The number of aliphatic hydroxyl groups is 1. The highest BCUT2D eigenvalue weighted by Gasteiger charge is 2.25. The summed E-state index contributed by atoms with van der Waals surface area (Å²) in [5.41, 5.74) is 5.30. The van der Waals surface area contributed by atoms with Gasteiger partial charge in [0.1, 0.15) is 0 Å². The smallest absolute Gasteiger partial charge is 0.0626 e. The topological polar surface area (TPSA) is 32.3 Å². The maximum atomic E-state index is 9.68. The largest absolute Gasteiger partial charge is 0.394 e. The Morgan fingerprint density at radius 1 is 1.20 bits per heavy atom. The Morgan fingerprint density at radius 3 is 2.75 bits per heavy atom. The lowest BCUT2D eigenvalue weighted by Gasteiger charge is -2.22. The Balaban J connectivity index is 1.81. The Morgan fingerprint density at radius 2 is 2.00 bits per heavy atom. The van der Waals surface area contributed by atoms with Crippen LogP contribution in [0.1, 0.15) is 40.8 Å². The predicted molar refractivity (Wildman–Crippen MR) is 81.6 cm³/mol. The zero-order valence-electron chi connectivity index (χ0n) is 11.8. The van der Waals surface area contributed by atoms with E-state index in [9.17, 15) is 5.11 Å². The first kappa shape index (κ1) is 13.3. The van der Waals surface area contributed by atoms with Crippen molar-refractivity contribution in [2.75, 3.05) is 6.61 Å². The third kappa shape index (κ3) is 2.62. The summed E-state index contributed by atoms with van der Waals surface area (Å²) in [6.45, 7) is 2.26. The lowest BCUT2D eigenvalue weighted by molar-refractivity contribution is 0.233. The monoisotopic (exact) mass is 267 g/mol.